The normalized spacial score (nSPS) is 24.6. The van der Waals surface area contributed by atoms with Crippen molar-refractivity contribution in [2.24, 2.45) is 5.92 Å². The van der Waals surface area contributed by atoms with Crippen LogP contribution in [0.2, 0.25) is 0 Å². The van der Waals surface area contributed by atoms with Crippen molar-refractivity contribution in [3.8, 4) is 0 Å². The number of nitrogens with zero attached hydrogens (tertiary/aromatic N) is 1. The average Bonchev–Trinajstić information content (AvgIpc) is 2.05. The summed E-state index contributed by atoms with van der Waals surface area (Å²) in [5.41, 5.74) is 0.329. The van der Waals surface area contributed by atoms with E-state index in [1.807, 2.05) is 0 Å². The second kappa shape index (κ2) is 5.13. The highest BCUT2D eigenvalue weighted by atomic mass is 15.1. The third kappa shape index (κ3) is 4.43. The second-order valence-corrected chi connectivity index (χ2v) is 5.61. The van der Waals surface area contributed by atoms with Crippen molar-refractivity contribution in [2.45, 2.75) is 46.1 Å². The summed E-state index contributed by atoms with van der Waals surface area (Å²) in [4.78, 5) is 2.62. The quantitative estimate of drug-likeness (QED) is 0.731. The summed E-state index contributed by atoms with van der Waals surface area (Å²) in [5, 5.41) is 3.61. The molecule has 0 unspecified atom stereocenters. The zero-order valence-corrected chi connectivity index (χ0v) is 10.3. The van der Waals surface area contributed by atoms with Crippen LogP contribution in [0.1, 0.15) is 40.5 Å². The molecule has 0 atom stereocenters. The smallest absolute Gasteiger partial charge is 0.0137 e. The first kappa shape index (κ1) is 12.0. The maximum Gasteiger partial charge on any atom is 0.0137 e. The summed E-state index contributed by atoms with van der Waals surface area (Å²) >= 11 is 0. The molecule has 0 aromatic heterocycles. The SMILES string of the molecule is CC(C)CN1CCCNC(C)(C)CC1. The Hall–Kier alpha value is -0.0800. The van der Waals surface area contributed by atoms with Crippen LogP contribution in [0.4, 0.5) is 0 Å². The van der Waals surface area contributed by atoms with Crippen LogP contribution in [-0.4, -0.2) is 36.6 Å². The topological polar surface area (TPSA) is 15.3 Å². The van der Waals surface area contributed by atoms with E-state index in [2.05, 4.69) is 37.9 Å². The van der Waals surface area contributed by atoms with Crippen molar-refractivity contribution in [1.82, 2.24) is 10.2 Å². The van der Waals surface area contributed by atoms with Crippen LogP contribution in [0.5, 0.6) is 0 Å². The lowest BCUT2D eigenvalue weighted by molar-refractivity contribution is 0.188. The minimum Gasteiger partial charge on any atom is -0.312 e. The molecule has 1 N–H and O–H groups in total. The first-order valence-electron chi connectivity index (χ1n) is 5.97. The molecule has 1 rings (SSSR count). The van der Waals surface area contributed by atoms with E-state index in [1.54, 1.807) is 0 Å². The molecular formula is C12H26N2. The molecule has 0 amide bonds. The van der Waals surface area contributed by atoms with Crippen LogP contribution in [0.3, 0.4) is 0 Å². The lowest BCUT2D eigenvalue weighted by Crippen LogP contribution is -2.46. The number of hydrogen-bond acceptors (Lipinski definition) is 2. The molecular weight excluding hydrogens is 172 g/mol. The molecule has 0 aromatic carbocycles. The average molecular weight is 198 g/mol. The molecule has 1 heterocycles. The largest absolute Gasteiger partial charge is 0.312 e. The van der Waals surface area contributed by atoms with Crippen LogP contribution in [-0.2, 0) is 0 Å². The van der Waals surface area contributed by atoms with Gasteiger partial charge in [-0.1, -0.05) is 13.8 Å². The Morgan fingerprint density at radius 3 is 2.64 bits per heavy atom. The van der Waals surface area contributed by atoms with Gasteiger partial charge in [0.1, 0.15) is 0 Å². The highest BCUT2D eigenvalue weighted by molar-refractivity contribution is 4.81. The molecule has 0 saturated carbocycles. The van der Waals surface area contributed by atoms with Gasteiger partial charge in [-0.2, -0.15) is 0 Å². The molecule has 2 nitrogen and oxygen atoms in total. The van der Waals surface area contributed by atoms with Crippen molar-refractivity contribution in [3.05, 3.63) is 0 Å². The van der Waals surface area contributed by atoms with Gasteiger partial charge in [-0.15, -0.1) is 0 Å². The number of hydrogen-bond donors (Lipinski definition) is 1. The maximum atomic E-state index is 3.61. The minimum absolute atomic E-state index is 0.329. The van der Waals surface area contributed by atoms with E-state index in [4.69, 9.17) is 0 Å². The molecule has 1 aliphatic heterocycles. The monoisotopic (exact) mass is 198 g/mol. The predicted molar refractivity (Wildman–Crippen MR) is 62.6 cm³/mol. The van der Waals surface area contributed by atoms with Crippen LogP contribution in [0.25, 0.3) is 0 Å². The van der Waals surface area contributed by atoms with Gasteiger partial charge in [0.25, 0.3) is 0 Å². The zero-order valence-electron chi connectivity index (χ0n) is 10.3. The molecule has 84 valence electrons. The van der Waals surface area contributed by atoms with Gasteiger partial charge in [0.05, 0.1) is 0 Å². The highest BCUT2D eigenvalue weighted by Crippen LogP contribution is 2.13. The van der Waals surface area contributed by atoms with Gasteiger partial charge in [-0.3, -0.25) is 0 Å². The van der Waals surface area contributed by atoms with Gasteiger partial charge in [-0.05, 0) is 52.2 Å². The van der Waals surface area contributed by atoms with E-state index in [-0.39, 0.29) is 0 Å². The molecule has 1 saturated heterocycles. The molecule has 0 bridgehead atoms. The van der Waals surface area contributed by atoms with E-state index in [0.717, 1.165) is 5.92 Å². The van der Waals surface area contributed by atoms with Crippen molar-refractivity contribution in [3.63, 3.8) is 0 Å². The van der Waals surface area contributed by atoms with Gasteiger partial charge in [-0.25, -0.2) is 0 Å². The highest BCUT2D eigenvalue weighted by Gasteiger charge is 2.20. The van der Waals surface area contributed by atoms with Crippen molar-refractivity contribution >= 4 is 0 Å². The molecule has 0 aliphatic carbocycles. The number of nitrogens with one attached hydrogen (secondary N) is 1. The molecule has 1 aliphatic rings. The summed E-state index contributed by atoms with van der Waals surface area (Å²) in [6.45, 7) is 14.2. The van der Waals surface area contributed by atoms with Crippen LogP contribution in [0, 0.1) is 5.92 Å². The fourth-order valence-corrected chi connectivity index (χ4v) is 2.07. The Labute approximate surface area is 89.1 Å². The van der Waals surface area contributed by atoms with Gasteiger partial charge < -0.3 is 10.2 Å². The van der Waals surface area contributed by atoms with Gasteiger partial charge in [0, 0.05) is 12.1 Å². The van der Waals surface area contributed by atoms with Crippen molar-refractivity contribution in [1.29, 1.82) is 0 Å². The summed E-state index contributed by atoms with van der Waals surface area (Å²) in [5.74, 6) is 0.797. The summed E-state index contributed by atoms with van der Waals surface area (Å²) in [7, 11) is 0. The third-order valence-corrected chi connectivity index (χ3v) is 2.93. The Morgan fingerprint density at radius 1 is 1.29 bits per heavy atom. The molecule has 0 radical (unpaired) electrons. The van der Waals surface area contributed by atoms with Crippen molar-refractivity contribution in [2.75, 3.05) is 26.2 Å². The van der Waals surface area contributed by atoms with Gasteiger partial charge in [0.15, 0.2) is 0 Å². The van der Waals surface area contributed by atoms with E-state index >= 15 is 0 Å². The summed E-state index contributed by atoms with van der Waals surface area (Å²) in [6.07, 6.45) is 2.55. The molecule has 0 spiro atoms. The van der Waals surface area contributed by atoms with E-state index in [9.17, 15) is 0 Å². The fraction of sp³-hybridized carbons (Fsp3) is 1.00. The molecule has 14 heavy (non-hydrogen) atoms. The summed E-state index contributed by atoms with van der Waals surface area (Å²) in [6, 6.07) is 0. The van der Waals surface area contributed by atoms with Crippen LogP contribution >= 0.6 is 0 Å². The second-order valence-electron chi connectivity index (χ2n) is 5.61. The molecule has 1 fully saturated rings. The lowest BCUT2D eigenvalue weighted by atomic mass is 9.98. The maximum absolute atomic E-state index is 3.61. The first-order chi connectivity index (χ1) is 6.49. The van der Waals surface area contributed by atoms with Crippen molar-refractivity contribution < 1.29 is 0 Å². The van der Waals surface area contributed by atoms with Gasteiger partial charge in [0.2, 0.25) is 0 Å². The fourth-order valence-electron chi connectivity index (χ4n) is 2.07. The third-order valence-electron chi connectivity index (χ3n) is 2.93. The minimum atomic E-state index is 0.329. The van der Waals surface area contributed by atoms with E-state index in [0.29, 0.717) is 5.54 Å². The predicted octanol–water partition coefficient (Wildman–Crippen LogP) is 2.11. The number of rotatable bonds is 2. The van der Waals surface area contributed by atoms with E-state index < -0.39 is 0 Å². The Balaban J connectivity index is 2.39. The van der Waals surface area contributed by atoms with Crippen LogP contribution < -0.4 is 5.32 Å². The summed E-state index contributed by atoms with van der Waals surface area (Å²) < 4.78 is 0. The standard InChI is InChI=1S/C12H26N2/c1-11(2)10-14-8-5-7-13-12(3,4)6-9-14/h11,13H,5-10H2,1-4H3. The first-order valence-corrected chi connectivity index (χ1v) is 5.97. The van der Waals surface area contributed by atoms with Gasteiger partial charge >= 0.3 is 0 Å². The van der Waals surface area contributed by atoms with E-state index in [1.165, 1.54) is 39.0 Å². The zero-order chi connectivity index (χ0) is 10.6. The van der Waals surface area contributed by atoms with Crippen LogP contribution in [0.15, 0.2) is 0 Å². The Bertz CT molecular complexity index is 164. The Morgan fingerprint density at radius 2 is 2.00 bits per heavy atom. The molecule has 2 heteroatoms. The lowest BCUT2D eigenvalue weighted by Gasteiger charge is -2.34. The molecule has 0 aromatic rings. The Kier molecular flexibility index (Phi) is 4.39.